The van der Waals surface area contributed by atoms with Crippen molar-refractivity contribution in [2.24, 2.45) is 0 Å². The molecule has 0 fully saturated rings. The molecule has 8 heteroatoms. The third kappa shape index (κ3) is 4.78. The molecule has 1 amide bonds. The van der Waals surface area contributed by atoms with Crippen molar-refractivity contribution in [2.45, 2.75) is 31.7 Å². The van der Waals surface area contributed by atoms with Crippen LogP contribution >= 0.6 is 0 Å². The van der Waals surface area contributed by atoms with Gasteiger partial charge in [-0.2, -0.15) is 13.2 Å². The van der Waals surface area contributed by atoms with Gasteiger partial charge in [0.15, 0.2) is 0 Å². The van der Waals surface area contributed by atoms with Crippen molar-refractivity contribution in [2.75, 3.05) is 6.54 Å². The summed E-state index contributed by atoms with van der Waals surface area (Å²) in [5, 5.41) is 21.9. The fourth-order valence-electron chi connectivity index (χ4n) is 1.55. The van der Waals surface area contributed by atoms with Gasteiger partial charge < -0.3 is 15.5 Å². The molecule has 1 heterocycles. The van der Waals surface area contributed by atoms with Crippen molar-refractivity contribution in [1.82, 2.24) is 10.3 Å². The largest absolute Gasteiger partial charge is 0.417 e. The summed E-state index contributed by atoms with van der Waals surface area (Å²) >= 11 is 0. The van der Waals surface area contributed by atoms with E-state index in [1.807, 2.05) is 0 Å². The summed E-state index contributed by atoms with van der Waals surface area (Å²) in [6.45, 7) is 1.40. The van der Waals surface area contributed by atoms with E-state index in [0.29, 0.717) is 6.20 Å². The minimum Gasteiger partial charge on any atom is -0.390 e. The molecule has 0 spiro atoms. The average Bonchev–Trinajstić information content (AvgIpc) is 2.36. The number of alkyl halides is 3. The van der Waals surface area contributed by atoms with E-state index in [4.69, 9.17) is 0 Å². The van der Waals surface area contributed by atoms with Gasteiger partial charge in [0.05, 0.1) is 11.7 Å². The Hall–Kier alpha value is -1.67. The minimum atomic E-state index is -4.57. The predicted molar refractivity (Wildman–Crippen MR) is 63.5 cm³/mol. The molecule has 0 saturated carbocycles. The number of carbonyl (C=O) groups excluding carboxylic acids is 1. The first kappa shape index (κ1) is 16.4. The molecule has 0 radical (unpaired) electrons. The van der Waals surface area contributed by atoms with Gasteiger partial charge in [-0.3, -0.25) is 9.78 Å². The summed E-state index contributed by atoms with van der Waals surface area (Å²) in [5.41, 5.74) is -1.13. The lowest BCUT2D eigenvalue weighted by Crippen LogP contribution is -2.27. The molecule has 0 aliphatic carbocycles. The second-order valence-corrected chi connectivity index (χ2v) is 4.29. The van der Waals surface area contributed by atoms with Crippen LogP contribution < -0.4 is 5.32 Å². The van der Waals surface area contributed by atoms with Gasteiger partial charge in [0.2, 0.25) is 5.91 Å². The summed E-state index contributed by atoms with van der Waals surface area (Å²) in [7, 11) is 0. The number of pyridine rings is 1. The molecule has 3 N–H and O–H groups in total. The van der Waals surface area contributed by atoms with Crippen molar-refractivity contribution >= 4 is 5.91 Å². The normalized spacial score (nSPS) is 14.7. The van der Waals surface area contributed by atoms with Crippen LogP contribution in [-0.2, 0) is 11.0 Å². The second kappa shape index (κ2) is 6.67. The Morgan fingerprint density at radius 3 is 2.60 bits per heavy atom. The molecule has 1 aromatic heterocycles. The zero-order valence-corrected chi connectivity index (χ0v) is 10.7. The molecule has 2 atom stereocenters. The highest BCUT2D eigenvalue weighted by molar-refractivity contribution is 5.72. The quantitative estimate of drug-likeness (QED) is 0.757. The average molecular weight is 292 g/mol. The number of aliphatic hydroxyl groups is 2. The molecule has 0 aliphatic heterocycles. The maximum Gasteiger partial charge on any atom is 0.417 e. The van der Waals surface area contributed by atoms with E-state index in [-0.39, 0.29) is 24.4 Å². The number of hydrogen-bond acceptors (Lipinski definition) is 4. The second-order valence-electron chi connectivity index (χ2n) is 4.29. The SMILES string of the molecule is CC(=O)NCCC(O)C(O)c1cncc(C(F)(F)F)c1. The maximum atomic E-state index is 12.5. The topological polar surface area (TPSA) is 82.5 Å². The molecule has 1 aromatic rings. The minimum absolute atomic E-state index is 0.0109. The van der Waals surface area contributed by atoms with Crippen molar-refractivity contribution in [3.8, 4) is 0 Å². The van der Waals surface area contributed by atoms with E-state index in [9.17, 15) is 28.2 Å². The highest BCUT2D eigenvalue weighted by atomic mass is 19.4. The fraction of sp³-hybridized carbons (Fsp3) is 0.500. The Morgan fingerprint density at radius 1 is 1.40 bits per heavy atom. The molecule has 112 valence electrons. The standard InChI is InChI=1S/C12H15F3N2O3/c1-7(18)17-3-2-10(19)11(20)8-4-9(6-16-5-8)12(13,14)15/h4-6,10-11,19-20H,2-3H2,1H3,(H,17,18). The van der Waals surface area contributed by atoms with E-state index < -0.39 is 23.9 Å². The smallest absolute Gasteiger partial charge is 0.390 e. The van der Waals surface area contributed by atoms with Crippen LogP contribution in [0.3, 0.4) is 0 Å². The van der Waals surface area contributed by atoms with Gasteiger partial charge in [-0.1, -0.05) is 0 Å². The lowest BCUT2D eigenvalue weighted by molar-refractivity contribution is -0.138. The molecule has 0 aromatic carbocycles. The number of nitrogens with zero attached hydrogens (tertiary/aromatic N) is 1. The van der Waals surface area contributed by atoms with Crippen LogP contribution in [0.15, 0.2) is 18.5 Å². The van der Waals surface area contributed by atoms with Crippen LogP contribution in [0.1, 0.15) is 30.6 Å². The van der Waals surface area contributed by atoms with Gasteiger partial charge in [-0.15, -0.1) is 0 Å². The van der Waals surface area contributed by atoms with Crippen LogP contribution in [0.5, 0.6) is 0 Å². The Labute approximate surface area is 113 Å². The lowest BCUT2D eigenvalue weighted by atomic mass is 10.0. The van der Waals surface area contributed by atoms with E-state index in [2.05, 4.69) is 10.3 Å². The first-order chi connectivity index (χ1) is 9.21. The molecule has 20 heavy (non-hydrogen) atoms. The van der Waals surface area contributed by atoms with Crippen molar-refractivity contribution in [3.05, 3.63) is 29.6 Å². The molecule has 2 unspecified atom stereocenters. The number of aromatic nitrogens is 1. The van der Waals surface area contributed by atoms with E-state index in [0.717, 1.165) is 12.3 Å². The number of rotatable bonds is 5. The van der Waals surface area contributed by atoms with Crippen LogP contribution in [0.25, 0.3) is 0 Å². The first-order valence-electron chi connectivity index (χ1n) is 5.84. The number of nitrogens with one attached hydrogen (secondary N) is 1. The Kier molecular flexibility index (Phi) is 5.46. The van der Waals surface area contributed by atoms with Gasteiger partial charge in [0.25, 0.3) is 0 Å². The summed E-state index contributed by atoms with van der Waals surface area (Å²) in [6, 6.07) is 0.735. The highest BCUT2D eigenvalue weighted by Gasteiger charge is 2.32. The number of amides is 1. The molecule has 0 bridgehead atoms. The van der Waals surface area contributed by atoms with E-state index in [1.54, 1.807) is 0 Å². The van der Waals surface area contributed by atoms with Gasteiger partial charge >= 0.3 is 6.18 Å². The third-order valence-corrected chi connectivity index (χ3v) is 2.61. The molecule has 0 saturated heterocycles. The van der Waals surface area contributed by atoms with E-state index in [1.165, 1.54) is 6.92 Å². The van der Waals surface area contributed by atoms with Crippen LogP contribution in [0.4, 0.5) is 13.2 Å². The predicted octanol–water partition coefficient (Wildman–Crippen LogP) is 1.02. The zero-order valence-electron chi connectivity index (χ0n) is 10.7. The molecular formula is C12H15F3N2O3. The number of carbonyl (C=O) groups is 1. The number of hydrogen-bond donors (Lipinski definition) is 3. The summed E-state index contributed by atoms with van der Waals surface area (Å²) in [5.74, 6) is -0.299. The van der Waals surface area contributed by atoms with Gasteiger partial charge in [0.1, 0.15) is 6.10 Å². The Morgan fingerprint density at radius 2 is 2.05 bits per heavy atom. The Bertz CT molecular complexity index is 466. The maximum absolute atomic E-state index is 12.5. The summed E-state index contributed by atoms with van der Waals surface area (Å²) < 4.78 is 37.5. The number of halogens is 3. The van der Waals surface area contributed by atoms with Gasteiger partial charge in [-0.25, -0.2) is 0 Å². The van der Waals surface area contributed by atoms with Crippen LogP contribution in [-0.4, -0.2) is 33.8 Å². The lowest BCUT2D eigenvalue weighted by Gasteiger charge is -2.19. The Balaban J connectivity index is 2.71. The van der Waals surface area contributed by atoms with Gasteiger partial charge in [0, 0.05) is 31.4 Å². The highest BCUT2D eigenvalue weighted by Crippen LogP contribution is 2.30. The van der Waals surface area contributed by atoms with Crippen molar-refractivity contribution in [1.29, 1.82) is 0 Å². The first-order valence-corrected chi connectivity index (χ1v) is 5.84. The zero-order chi connectivity index (χ0) is 15.3. The summed E-state index contributed by atoms with van der Waals surface area (Å²) in [6.07, 6.45) is -5.66. The monoisotopic (exact) mass is 292 g/mol. The van der Waals surface area contributed by atoms with E-state index >= 15 is 0 Å². The molecule has 1 rings (SSSR count). The van der Waals surface area contributed by atoms with Gasteiger partial charge in [-0.05, 0) is 12.5 Å². The van der Waals surface area contributed by atoms with Crippen molar-refractivity contribution in [3.63, 3.8) is 0 Å². The molecule has 5 nitrogen and oxygen atoms in total. The fourth-order valence-corrected chi connectivity index (χ4v) is 1.55. The third-order valence-electron chi connectivity index (χ3n) is 2.61. The summed E-state index contributed by atoms with van der Waals surface area (Å²) in [4.78, 5) is 14.0. The number of aliphatic hydroxyl groups excluding tert-OH is 2. The van der Waals surface area contributed by atoms with Crippen LogP contribution in [0.2, 0.25) is 0 Å². The van der Waals surface area contributed by atoms with Crippen LogP contribution in [0, 0.1) is 0 Å². The molecular weight excluding hydrogens is 277 g/mol. The molecule has 0 aliphatic rings. The van der Waals surface area contributed by atoms with Crippen molar-refractivity contribution < 1.29 is 28.2 Å².